The number of aliphatic hydroxyl groups excluding tert-OH is 1. The van der Waals surface area contributed by atoms with Crippen molar-refractivity contribution in [2.75, 3.05) is 25.0 Å². The van der Waals surface area contributed by atoms with Crippen LogP contribution in [0.15, 0.2) is 24.3 Å². The number of hydrogen-bond donors (Lipinski definition) is 2. The molecule has 0 bridgehead atoms. The van der Waals surface area contributed by atoms with Crippen molar-refractivity contribution in [3.05, 3.63) is 24.3 Å². The Labute approximate surface area is 118 Å². The molecule has 2 heterocycles. The van der Waals surface area contributed by atoms with Gasteiger partial charge in [0.05, 0.1) is 24.9 Å². The SMILES string of the molecule is CC1CCN(C(=O)C2CNc3ccccc3O2)C1CO. The Balaban J connectivity index is 1.73. The van der Waals surface area contributed by atoms with Gasteiger partial charge in [-0.2, -0.15) is 0 Å². The van der Waals surface area contributed by atoms with Crippen LogP contribution in [0.5, 0.6) is 5.75 Å². The van der Waals surface area contributed by atoms with E-state index in [2.05, 4.69) is 12.2 Å². The molecular weight excluding hydrogens is 256 g/mol. The van der Waals surface area contributed by atoms with Gasteiger partial charge in [-0.25, -0.2) is 0 Å². The summed E-state index contributed by atoms with van der Waals surface area (Å²) in [5, 5.41) is 12.7. The molecule has 3 rings (SSSR count). The normalized spacial score (nSPS) is 28.5. The zero-order valence-electron chi connectivity index (χ0n) is 11.6. The molecule has 2 aliphatic rings. The Bertz CT molecular complexity index is 506. The fourth-order valence-electron chi connectivity index (χ4n) is 3.00. The minimum Gasteiger partial charge on any atom is -0.477 e. The van der Waals surface area contributed by atoms with Crippen LogP contribution in [0, 0.1) is 5.92 Å². The van der Waals surface area contributed by atoms with Gasteiger partial charge in [-0.05, 0) is 24.5 Å². The summed E-state index contributed by atoms with van der Waals surface area (Å²) in [6.45, 7) is 3.26. The summed E-state index contributed by atoms with van der Waals surface area (Å²) in [5.74, 6) is 1.02. The van der Waals surface area contributed by atoms with E-state index in [1.807, 2.05) is 24.3 Å². The zero-order valence-corrected chi connectivity index (χ0v) is 11.6. The Morgan fingerprint density at radius 3 is 3.10 bits per heavy atom. The van der Waals surface area contributed by atoms with Crippen molar-refractivity contribution < 1.29 is 14.6 Å². The molecule has 0 aromatic heterocycles. The van der Waals surface area contributed by atoms with Crippen molar-refractivity contribution in [2.24, 2.45) is 5.92 Å². The highest BCUT2D eigenvalue weighted by Crippen LogP contribution is 2.30. The van der Waals surface area contributed by atoms with Gasteiger partial charge in [0.15, 0.2) is 6.10 Å². The number of anilines is 1. The molecule has 1 amide bonds. The maximum absolute atomic E-state index is 12.6. The summed E-state index contributed by atoms with van der Waals surface area (Å²) in [4.78, 5) is 14.3. The number of nitrogens with zero attached hydrogens (tertiary/aromatic N) is 1. The number of hydrogen-bond acceptors (Lipinski definition) is 4. The molecule has 5 nitrogen and oxygen atoms in total. The van der Waals surface area contributed by atoms with Gasteiger partial charge in [0.25, 0.3) is 5.91 Å². The van der Waals surface area contributed by atoms with E-state index in [9.17, 15) is 9.90 Å². The smallest absolute Gasteiger partial charge is 0.265 e. The van der Waals surface area contributed by atoms with Crippen LogP contribution in [-0.4, -0.2) is 47.8 Å². The van der Waals surface area contributed by atoms with Crippen molar-refractivity contribution in [1.29, 1.82) is 0 Å². The summed E-state index contributed by atoms with van der Waals surface area (Å²) >= 11 is 0. The fraction of sp³-hybridized carbons (Fsp3) is 0.533. The van der Waals surface area contributed by atoms with E-state index in [1.54, 1.807) is 4.90 Å². The lowest BCUT2D eigenvalue weighted by molar-refractivity contribution is -0.140. The molecule has 2 N–H and O–H groups in total. The first kappa shape index (κ1) is 13.2. The van der Waals surface area contributed by atoms with Crippen molar-refractivity contribution in [1.82, 2.24) is 4.90 Å². The highest BCUT2D eigenvalue weighted by Gasteiger charge is 2.38. The number of rotatable bonds is 2. The first-order valence-electron chi connectivity index (χ1n) is 7.11. The van der Waals surface area contributed by atoms with Crippen molar-refractivity contribution >= 4 is 11.6 Å². The maximum Gasteiger partial charge on any atom is 0.265 e. The van der Waals surface area contributed by atoms with Crippen LogP contribution < -0.4 is 10.1 Å². The minimum atomic E-state index is -0.510. The maximum atomic E-state index is 12.6. The summed E-state index contributed by atoms with van der Waals surface area (Å²) in [7, 11) is 0. The fourth-order valence-corrected chi connectivity index (χ4v) is 3.00. The Hall–Kier alpha value is -1.75. The predicted molar refractivity (Wildman–Crippen MR) is 75.7 cm³/mol. The predicted octanol–water partition coefficient (Wildman–Crippen LogP) is 1.09. The molecule has 1 fully saturated rings. The van der Waals surface area contributed by atoms with E-state index >= 15 is 0 Å². The molecule has 5 heteroatoms. The van der Waals surface area contributed by atoms with E-state index in [-0.39, 0.29) is 18.6 Å². The van der Waals surface area contributed by atoms with Gasteiger partial charge in [0.1, 0.15) is 5.75 Å². The number of benzene rings is 1. The molecule has 0 radical (unpaired) electrons. The van der Waals surface area contributed by atoms with Crippen molar-refractivity contribution in [3.8, 4) is 5.75 Å². The number of likely N-dealkylation sites (tertiary alicyclic amines) is 1. The standard InChI is InChI=1S/C15H20N2O3/c1-10-6-7-17(12(10)9-18)15(19)14-8-16-11-4-2-3-5-13(11)20-14/h2-5,10,12,14,16,18H,6-9H2,1H3. The van der Waals surface area contributed by atoms with E-state index < -0.39 is 6.10 Å². The topological polar surface area (TPSA) is 61.8 Å². The number of carbonyl (C=O) groups excluding carboxylic acids is 1. The zero-order chi connectivity index (χ0) is 14.1. The molecule has 0 spiro atoms. The van der Waals surface area contributed by atoms with Crippen molar-refractivity contribution in [2.45, 2.75) is 25.5 Å². The molecule has 3 atom stereocenters. The van der Waals surface area contributed by atoms with E-state index in [4.69, 9.17) is 4.74 Å². The lowest BCUT2D eigenvalue weighted by atomic mass is 10.0. The second-order valence-electron chi connectivity index (χ2n) is 5.53. The molecule has 20 heavy (non-hydrogen) atoms. The van der Waals surface area contributed by atoms with Gasteiger partial charge in [-0.15, -0.1) is 0 Å². The third-order valence-electron chi connectivity index (χ3n) is 4.26. The second kappa shape index (κ2) is 5.32. The second-order valence-corrected chi connectivity index (χ2v) is 5.53. The Morgan fingerprint density at radius 2 is 2.30 bits per heavy atom. The van der Waals surface area contributed by atoms with Gasteiger partial charge in [0, 0.05) is 6.54 Å². The number of fused-ring (bicyclic) bond motifs is 1. The molecule has 0 saturated carbocycles. The summed E-state index contributed by atoms with van der Waals surface area (Å²) < 4.78 is 5.80. The highest BCUT2D eigenvalue weighted by molar-refractivity contribution is 5.83. The van der Waals surface area contributed by atoms with E-state index in [0.29, 0.717) is 24.8 Å². The van der Waals surface area contributed by atoms with Gasteiger partial charge in [-0.3, -0.25) is 4.79 Å². The number of amides is 1. The van der Waals surface area contributed by atoms with Crippen molar-refractivity contribution in [3.63, 3.8) is 0 Å². The molecular formula is C15H20N2O3. The monoisotopic (exact) mass is 276 g/mol. The van der Waals surface area contributed by atoms with Crippen LogP contribution in [0.2, 0.25) is 0 Å². The van der Waals surface area contributed by atoms with E-state index in [1.165, 1.54) is 0 Å². The average Bonchev–Trinajstić information content (AvgIpc) is 2.86. The summed E-state index contributed by atoms with van der Waals surface area (Å²) in [6, 6.07) is 7.54. The third-order valence-corrected chi connectivity index (χ3v) is 4.26. The highest BCUT2D eigenvalue weighted by atomic mass is 16.5. The van der Waals surface area contributed by atoms with Gasteiger partial charge >= 0.3 is 0 Å². The van der Waals surface area contributed by atoms with Crippen LogP contribution in [-0.2, 0) is 4.79 Å². The first-order chi connectivity index (χ1) is 9.70. The summed E-state index contributed by atoms with van der Waals surface area (Å²) in [6.07, 6.45) is 0.428. The number of ether oxygens (including phenoxy) is 1. The number of nitrogens with one attached hydrogen (secondary N) is 1. The molecule has 108 valence electrons. The van der Waals surface area contributed by atoms with Crippen LogP contribution in [0.1, 0.15) is 13.3 Å². The Kier molecular flexibility index (Phi) is 3.53. The molecule has 1 aromatic rings. The van der Waals surface area contributed by atoms with Gasteiger partial charge in [-0.1, -0.05) is 19.1 Å². The molecule has 3 unspecified atom stereocenters. The molecule has 1 saturated heterocycles. The average molecular weight is 276 g/mol. The lowest BCUT2D eigenvalue weighted by Gasteiger charge is -2.32. The van der Waals surface area contributed by atoms with Crippen LogP contribution in [0.3, 0.4) is 0 Å². The van der Waals surface area contributed by atoms with Gasteiger partial charge < -0.3 is 20.1 Å². The number of carbonyl (C=O) groups is 1. The number of aliphatic hydroxyl groups is 1. The molecule has 1 aromatic carbocycles. The van der Waals surface area contributed by atoms with Gasteiger partial charge in [0.2, 0.25) is 0 Å². The molecule has 0 aliphatic carbocycles. The minimum absolute atomic E-state index is 0.0175. The summed E-state index contributed by atoms with van der Waals surface area (Å²) in [5.41, 5.74) is 0.921. The quantitative estimate of drug-likeness (QED) is 0.849. The first-order valence-corrected chi connectivity index (χ1v) is 7.11. The third kappa shape index (κ3) is 2.22. The Morgan fingerprint density at radius 1 is 1.50 bits per heavy atom. The van der Waals surface area contributed by atoms with Crippen LogP contribution in [0.25, 0.3) is 0 Å². The van der Waals surface area contributed by atoms with E-state index in [0.717, 1.165) is 12.1 Å². The molecule has 2 aliphatic heterocycles. The number of para-hydroxylation sites is 2. The van der Waals surface area contributed by atoms with Crippen LogP contribution in [0.4, 0.5) is 5.69 Å². The van der Waals surface area contributed by atoms with Crippen LogP contribution >= 0.6 is 0 Å². The lowest BCUT2D eigenvalue weighted by Crippen LogP contribution is -2.50. The largest absolute Gasteiger partial charge is 0.477 e.